The summed E-state index contributed by atoms with van der Waals surface area (Å²) in [5, 5.41) is 2.56. The average Bonchev–Trinajstić information content (AvgIpc) is 2.56. The molecule has 0 bridgehead atoms. The van der Waals surface area contributed by atoms with Crippen molar-refractivity contribution in [2.24, 2.45) is 5.41 Å². The van der Waals surface area contributed by atoms with E-state index in [4.69, 9.17) is 0 Å². The van der Waals surface area contributed by atoms with Gasteiger partial charge >= 0.3 is 0 Å². The predicted octanol–water partition coefficient (Wildman–Crippen LogP) is 5.21. The first kappa shape index (κ1) is 21.1. The van der Waals surface area contributed by atoms with Gasteiger partial charge in [0.05, 0.1) is 11.4 Å². The van der Waals surface area contributed by atoms with Crippen LogP contribution >= 0.6 is 0 Å². The van der Waals surface area contributed by atoms with Crippen LogP contribution in [0.5, 0.6) is 0 Å². The number of hydrogen-bond donors (Lipinski definition) is 1. The Morgan fingerprint density at radius 1 is 1.17 bits per heavy atom. The number of anilines is 2. The molecule has 1 aromatic heterocycles. The van der Waals surface area contributed by atoms with Gasteiger partial charge in [0.1, 0.15) is 11.6 Å². The highest BCUT2D eigenvalue weighted by molar-refractivity contribution is 5.90. The Morgan fingerprint density at radius 2 is 1.83 bits per heavy atom. The molecule has 29 heavy (non-hydrogen) atoms. The first-order chi connectivity index (χ1) is 13.5. The minimum Gasteiger partial charge on any atom is -0.363 e. The van der Waals surface area contributed by atoms with Crippen LogP contribution in [0, 0.1) is 22.9 Å². The lowest BCUT2D eigenvalue weighted by molar-refractivity contribution is -0.117. The molecule has 1 amide bonds. The first-order valence-corrected chi connectivity index (χ1v) is 9.73. The van der Waals surface area contributed by atoms with Gasteiger partial charge in [-0.2, -0.15) is 0 Å². The zero-order valence-corrected chi connectivity index (χ0v) is 17.2. The molecular weight excluding hydrogens is 379 g/mol. The smallest absolute Gasteiger partial charge is 0.226 e. The Balaban J connectivity index is 1.87. The van der Waals surface area contributed by atoms with E-state index in [1.54, 1.807) is 0 Å². The topological polar surface area (TPSA) is 45.2 Å². The first-order valence-electron chi connectivity index (χ1n) is 9.73. The van der Waals surface area contributed by atoms with Gasteiger partial charge in [0.15, 0.2) is 11.6 Å². The van der Waals surface area contributed by atoms with Crippen molar-refractivity contribution < 1.29 is 18.0 Å². The van der Waals surface area contributed by atoms with Crippen molar-refractivity contribution in [3.05, 3.63) is 53.0 Å². The molecule has 1 aromatic carbocycles. The van der Waals surface area contributed by atoms with Crippen LogP contribution in [0.1, 0.15) is 51.8 Å². The molecular formula is C22H26F3N3O. The Hall–Kier alpha value is -2.57. The normalized spacial score (nSPS) is 16.5. The maximum absolute atomic E-state index is 14.7. The van der Waals surface area contributed by atoms with E-state index in [0.717, 1.165) is 12.5 Å². The van der Waals surface area contributed by atoms with E-state index in [1.807, 2.05) is 32.6 Å². The quantitative estimate of drug-likeness (QED) is 0.759. The summed E-state index contributed by atoms with van der Waals surface area (Å²) >= 11 is 0. The number of carbonyl (C=O) groups is 1. The molecule has 1 atom stereocenters. The molecule has 2 heterocycles. The summed E-state index contributed by atoms with van der Waals surface area (Å²) in [6.45, 7) is 8.00. The monoisotopic (exact) mass is 405 g/mol. The van der Waals surface area contributed by atoms with Gasteiger partial charge in [0.2, 0.25) is 5.91 Å². The maximum atomic E-state index is 14.7. The number of pyridine rings is 1. The zero-order chi connectivity index (χ0) is 21.3. The molecule has 0 fully saturated rings. The van der Waals surface area contributed by atoms with E-state index in [9.17, 15) is 18.0 Å². The van der Waals surface area contributed by atoms with Gasteiger partial charge in [-0.3, -0.25) is 4.79 Å². The minimum absolute atomic E-state index is 0.0522. The maximum Gasteiger partial charge on any atom is 0.226 e. The molecule has 0 saturated carbocycles. The number of hydrogen-bond acceptors (Lipinski definition) is 3. The fraction of sp³-hybridized carbons (Fsp3) is 0.455. The highest BCUT2D eigenvalue weighted by Gasteiger charge is 2.27. The molecule has 1 aliphatic rings. The number of rotatable bonds is 4. The van der Waals surface area contributed by atoms with Crippen molar-refractivity contribution in [2.45, 2.75) is 59.5 Å². The van der Waals surface area contributed by atoms with Crippen molar-refractivity contribution in [1.29, 1.82) is 0 Å². The van der Waals surface area contributed by atoms with E-state index >= 15 is 0 Å². The third kappa shape index (κ3) is 5.28. The minimum atomic E-state index is -0.647. The zero-order valence-electron chi connectivity index (χ0n) is 17.2. The van der Waals surface area contributed by atoms with Crippen molar-refractivity contribution in [3.63, 3.8) is 0 Å². The lowest BCUT2D eigenvalue weighted by Crippen LogP contribution is -2.37. The number of halogens is 3. The molecule has 3 rings (SSSR count). The molecule has 0 spiro atoms. The molecule has 0 unspecified atom stereocenters. The van der Waals surface area contributed by atoms with Crippen LogP contribution in [-0.4, -0.2) is 16.9 Å². The number of fused-ring (bicyclic) bond motifs is 1. The van der Waals surface area contributed by atoms with Crippen molar-refractivity contribution in [2.75, 3.05) is 10.2 Å². The van der Waals surface area contributed by atoms with Crippen LogP contribution in [0.2, 0.25) is 0 Å². The number of aryl methyl sites for hydroxylation is 1. The van der Waals surface area contributed by atoms with Crippen LogP contribution in [0.4, 0.5) is 24.7 Å². The highest BCUT2D eigenvalue weighted by Crippen LogP contribution is 2.34. The lowest BCUT2D eigenvalue weighted by atomic mass is 9.92. The molecule has 0 aliphatic carbocycles. The van der Waals surface area contributed by atoms with Crippen LogP contribution in [0.15, 0.2) is 24.3 Å². The Kier molecular flexibility index (Phi) is 5.87. The number of benzene rings is 1. The summed E-state index contributed by atoms with van der Waals surface area (Å²) in [5.74, 6) is -2.29. The molecule has 7 heteroatoms. The van der Waals surface area contributed by atoms with Crippen LogP contribution in [0.3, 0.4) is 0 Å². The number of amides is 1. The van der Waals surface area contributed by atoms with Crippen LogP contribution in [-0.2, 0) is 17.8 Å². The molecule has 4 nitrogen and oxygen atoms in total. The van der Waals surface area contributed by atoms with Gasteiger partial charge in [0, 0.05) is 31.1 Å². The van der Waals surface area contributed by atoms with E-state index in [0.29, 0.717) is 23.4 Å². The van der Waals surface area contributed by atoms with E-state index < -0.39 is 17.5 Å². The molecule has 1 aliphatic heterocycles. The summed E-state index contributed by atoms with van der Waals surface area (Å²) < 4.78 is 41.8. The van der Waals surface area contributed by atoms with Gasteiger partial charge in [-0.15, -0.1) is 0 Å². The summed E-state index contributed by atoms with van der Waals surface area (Å²) in [6.07, 6.45) is 1.64. The number of nitrogens with zero attached hydrogens (tertiary/aromatic N) is 2. The summed E-state index contributed by atoms with van der Waals surface area (Å²) in [6, 6.07) is 4.77. The van der Waals surface area contributed by atoms with Crippen molar-refractivity contribution in [3.8, 4) is 0 Å². The van der Waals surface area contributed by atoms with Gasteiger partial charge in [-0.25, -0.2) is 18.2 Å². The van der Waals surface area contributed by atoms with Gasteiger partial charge in [0.25, 0.3) is 0 Å². The Labute approximate surface area is 169 Å². The van der Waals surface area contributed by atoms with Crippen LogP contribution < -0.4 is 10.2 Å². The molecule has 0 saturated heterocycles. The van der Waals surface area contributed by atoms with Crippen molar-refractivity contribution >= 4 is 17.4 Å². The van der Waals surface area contributed by atoms with E-state index in [1.165, 1.54) is 18.2 Å². The lowest BCUT2D eigenvalue weighted by Gasteiger charge is -2.37. The molecule has 2 aromatic rings. The third-order valence-electron chi connectivity index (χ3n) is 4.90. The third-order valence-corrected chi connectivity index (χ3v) is 4.90. The van der Waals surface area contributed by atoms with Crippen LogP contribution in [0.25, 0.3) is 0 Å². The summed E-state index contributed by atoms with van der Waals surface area (Å²) in [4.78, 5) is 18.4. The second kappa shape index (κ2) is 8.05. The second-order valence-electron chi connectivity index (χ2n) is 8.86. The largest absolute Gasteiger partial charge is 0.363 e. The highest BCUT2D eigenvalue weighted by atomic mass is 19.1. The number of aromatic nitrogens is 1. The van der Waals surface area contributed by atoms with Crippen molar-refractivity contribution in [1.82, 2.24) is 4.98 Å². The Bertz CT molecular complexity index is 904. The predicted molar refractivity (Wildman–Crippen MR) is 107 cm³/mol. The number of nitrogens with one attached hydrogen (secondary N) is 1. The van der Waals surface area contributed by atoms with Gasteiger partial charge in [-0.1, -0.05) is 20.8 Å². The average molecular weight is 405 g/mol. The SMILES string of the molecule is C[C@@H]1CCc2nc(NC(=O)CC(C)(C)C)c(F)cc2N1Cc1cc(F)cc(F)c1. The molecule has 156 valence electrons. The van der Waals surface area contributed by atoms with E-state index in [2.05, 4.69) is 10.3 Å². The molecule has 0 radical (unpaired) electrons. The van der Waals surface area contributed by atoms with Gasteiger partial charge < -0.3 is 10.2 Å². The van der Waals surface area contributed by atoms with Gasteiger partial charge in [-0.05, 0) is 42.9 Å². The standard InChI is InChI=1S/C22H26F3N3O/c1-13-5-6-18-19(28(13)12-14-7-15(23)9-16(24)8-14)10-17(25)21(26-18)27-20(29)11-22(2,3)4/h7-10,13H,5-6,11-12H2,1-4H3,(H,26,27,29)/t13-/m1/s1. The number of carbonyl (C=O) groups excluding carboxylic acids is 1. The fourth-order valence-corrected chi connectivity index (χ4v) is 3.57. The van der Waals surface area contributed by atoms with E-state index in [-0.39, 0.29) is 36.1 Å². The fourth-order valence-electron chi connectivity index (χ4n) is 3.57. The summed E-state index contributed by atoms with van der Waals surface area (Å²) in [5.41, 5.74) is 1.48. The summed E-state index contributed by atoms with van der Waals surface area (Å²) in [7, 11) is 0. The molecule has 1 N–H and O–H groups in total. The Morgan fingerprint density at radius 3 is 2.45 bits per heavy atom. The second-order valence-corrected chi connectivity index (χ2v) is 8.86.